The zero-order valence-electron chi connectivity index (χ0n) is 19.8. The zero-order chi connectivity index (χ0) is 24.9. The summed E-state index contributed by atoms with van der Waals surface area (Å²) in [7, 11) is 0. The van der Waals surface area contributed by atoms with Gasteiger partial charge in [-0.15, -0.1) is 0 Å². The first-order valence-electron chi connectivity index (χ1n) is 11.9. The summed E-state index contributed by atoms with van der Waals surface area (Å²) >= 11 is 12.9. The molecular weight excluding hydrogens is 489 g/mol. The summed E-state index contributed by atoms with van der Waals surface area (Å²) in [5.41, 5.74) is 6.91. The lowest BCUT2D eigenvalue weighted by Crippen LogP contribution is -2.29. The van der Waals surface area contributed by atoms with E-state index >= 15 is 0 Å². The van der Waals surface area contributed by atoms with Crippen molar-refractivity contribution < 1.29 is 9.53 Å². The Morgan fingerprint density at radius 1 is 1.17 bits per heavy atom. The van der Waals surface area contributed by atoms with E-state index in [4.69, 9.17) is 43.6 Å². The number of aromatic nitrogens is 2. The highest BCUT2D eigenvalue weighted by atomic mass is 35.5. The van der Waals surface area contributed by atoms with Gasteiger partial charge < -0.3 is 21.1 Å². The molecule has 188 valence electrons. The highest BCUT2D eigenvalue weighted by Gasteiger charge is 2.30. The van der Waals surface area contributed by atoms with Gasteiger partial charge in [-0.25, -0.2) is 15.0 Å². The Morgan fingerprint density at radius 3 is 2.43 bits per heavy atom. The fraction of sp³-hybridized carbons (Fsp3) is 0.500. The second kappa shape index (κ2) is 11.4. The van der Waals surface area contributed by atoms with Crippen molar-refractivity contribution in [3.05, 3.63) is 33.9 Å². The topological polar surface area (TPSA) is 119 Å². The normalized spacial score (nSPS) is 21.5. The van der Waals surface area contributed by atoms with Crippen molar-refractivity contribution in [1.82, 2.24) is 9.55 Å². The van der Waals surface area contributed by atoms with Crippen LogP contribution < -0.4 is 16.4 Å². The summed E-state index contributed by atoms with van der Waals surface area (Å²) in [6.45, 7) is 7.01. The van der Waals surface area contributed by atoms with Crippen molar-refractivity contribution in [3.63, 3.8) is 0 Å². The summed E-state index contributed by atoms with van der Waals surface area (Å²) in [6, 6.07) is 5.53. The molecule has 2 fully saturated rings. The molecule has 11 heteroatoms. The van der Waals surface area contributed by atoms with Gasteiger partial charge in [0.15, 0.2) is 0 Å². The lowest BCUT2D eigenvalue weighted by Gasteiger charge is -2.30. The molecule has 1 aliphatic carbocycles. The number of amides is 1. The van der Waals surface area contributed by atoms with Crippen LogP contribution in [0, 0.1) is 12.8 Å². The molecule has 1 aromatic carbocycles. The van der Waals surface area contributed by atoms with Gasteiger partial charge in [0.05, 0.1) is 27.5 Å². The van der Waals surface area contributed by atoms with Gasteiger partial charge in [0, 0.05) is 25.2 Å². The standard InChI is InChI=1S/C24H31Cl2N7O2/c1-14-22(32-23(28-2)30-16-10-12-35-13-11-16)33(17-8-6-15(7-9-17)21(27)34)24(29-14)31-20-18(25)4-3-5-19(20)26/h3-5,15-17H,2,6-13H2,1H3,(H2,27,34)(H,29,31)(H,30,32). The molecule has 1 saturated carbocycles. The molecule has 0 bridgehead atoms. The minimum absolute atomic E-state index is 0.0761. The predicted octanol–water partition coefficient (Wildman–Crippen LogP) is 5.11. The summed E-state index contributed by atoms with van der Waals surface area (Å²) in [5, 5.41) is 7.67. The van der Waals surface area contributed by atoms with Crippen LogP contribution in [0.4, 0.5) is 17.5 Å². The number of guanidine groups is 1. The second-order valence-electron chi connectivity index (χ2n) is 8.95. The smallest absolute Gasteiger partial charge is 0.223 e. The first-order chi connectivity index (χ1) is 16.9. The molecule has 1 aromatic heterocycles. The first-order valence-corrected chi connectivity index (χ1v) is 12.6. The average Bonchev–Trinajstić information content (AvgIpc) is 3.16. The quantitative estimate of drug-likeness (QED) is 0.362. The molecule has 9 nitrogen and oxygen atoms in total. The number of anilines is 3. The maximum absolute atomic E-state index is 11.7. The molecule has 2 aromatic rings. The number of halogens is 2. The van der Waals surface area contributed by atoms with E-state index in [0.29, 0.717) is 53.7 Å². The van der Waals surface area contributed by atoms with Gasteiger partial charge in [-0.2, -0.15) is 0 Å². The Labute approximate surface area is 215 Å². The van der Waals surface area contributed by atoms with Gasteiger partial charge in [0.2, 0.25) is 17.8 Å². The number of benzene rings is 1. The fourth-order valence-electron chi connectivity index (χ4n) is 4.69. The summed E-state index contributed by atoms with van der Waals surface area (Å²) in [4.78, 5) is 25.4. The molecule has 1 aliphatic heterocycles. The van der Waals surface area contributed by atoms with Crippen LogP contribution in [0.5, 0.6) is 0 Å². The Balaban J connectivity index is 1.69. The van der Waals surface area contributed by atoms with Crippen molar-refractivity contribution in [2.75, 3.05) is 23.8 Å². The number of ether oxygens (including phenoxy) is 1. The third-order valence-corrected chi connectivity index (χ3v) is 7.25. The molecule has 0 unspecified atom stereocenters. The number of carbonyl (C=O) groups is 1. The van der Waals surface area contributed by atoms with Crippen LogP contribution in [0.1, 0.15) is 50.3 Å². The Hall–Kier alpha value is -2.62. The minimum Gasteiger partial charge on any atom is -0.381 e. The summed E-state index contributed by atoms with van der Waals surface area (Å²) < 4.78 is 7.54. The van der Waals surface area contributed by atoms with Crippen molar-refractivity contribution in [2.24, 2.45) is 21.6 Å². The molecule has 4 N–H and O–H groups in total. The third kappa shape index (κ3) is 5.97. The van der Waals surface area contributed by atoms with Gasteiger partial charge in [-0.3, -0.25) is 9.36 Å². The Morgan fingerprint density at radius 2 is 1.83 bits per heavy atom. The van der Waals surface area contributed by atoms with E-state index in [9.17, 15) is 4.79 Å². The molecule has 1 saturated heterocycles. The van der Waals surface area contributed by atoms with Crippen LogP contribution in [0.2, 0.25) is 10.0 Å². The van der Waals surface area contributed by atoms with Crippen LogP contribution in [-0.4, -0.2) is 47.4 Å². The molecule has 4 rings (SSSR count). The maximum atomic E-state index is 11.7. The number of para-hydroxylation sites is 1. The van der Waals surface area contributed by atoms with E-state index in [1.807, 2.05) is 6.92 Å². The molecule has 0 spiro atoms. The van der Waals surface area contributed by atoms with E-state index in [-0.39, 0.29) is 23.9 Å². The van der Waals surface area contributed by atoms with E-state index in [1.165, 1.54) is 0 Å². The van der Waals surface area contributed by atoms with Crippen LogP contribution >= 0.6 is 23.2 Å². The summed E-state index contributed by atoms with van der Waals surface area (Å²) in [6.07, 6.45) is 4.66. The molecular formula is C24H31Cl2N7O2. The number of hydrogen-bond donors (Lipinski definition) is 3. The Kier molecular flexibility index (Phi) is 8.30. The number of carbonyl (C=O) groups excluding carboxylic acids is 1. The number of imidazole rings is 1. The summed E-state index contributed by atoms with van der Waals surface area (Å²) in [5.74, 6) is 1.44. The fourth-order valence-corrected chi connectivity index (χ4v) is 5.19. The van der Waals surface area contributed by atoms with Gasteiger partial charge in [-0.05, 0) is 64.3 Å². The van der Waals surface area contributed by atoms with E-state index in [0.717, 1.165) is 37.2 Å². The SMILES string of the molecule is C=NC(=NC1CCOCC1)Nc1c(C)nc(Nc2c(Cl)cccc2Cl)n1C1CCC(C(N)=O)CC1. The number of nitrogens with two attached hydrogens (primary N) is 1. The molecule has 2 heterocycles. The van der Waals surface area contributed by atoms with Crippen molar-refractivity contribution in [3.8, 4) is 0 Å². The highest BCUT2D eigenvalue weighted by Crippen LogP contribution is 2.40. The van der Waals surface area contributed by atoms with Crippen molar-refractivity contribution in [2.45, 2.75) is 57.5 Å². The van der Waals surface area contributed by atoms with E-state index < -0.39 is 0 Å². The average molecular weight is 520 g/mol. The number of nitrogens with zero attached hydrogens (tertiary/aromatic N) is 4. The van der Waals surface area contributed by atoms with Crippen LogP contribution in [-0.2, 0) is 9.53 Å². The molecule has 35 heavy (non-hydrogen) atoms. The number of hydrogen-bond acceptors (Lipinski definition) is 5. The minimum atomic E-state index is -0.244. The van der Waals surface area contributed by atoms with Gasteiger partial charge in [0.25, 0.3) is 0 Å². The molecule has 0 atom stereocenters. The lowest BCUT2D eigenvalue weighted by atomic mass is 9.85. The second-order valence-corrected chi connectivity index (χ2v) is 9.76. The maximum Gasteiger partial charge on any atom is 0.223 e. The van der Waals surface area contributed by atoms with Crippen LogP contribution in [0.25, 0.3) is 0 Å². The number of rotatable bonds is 6. The third-order valence-electron chi connectivity index (χ3n) is 6.62. The van der Waals surface area contributed by atoms with Crippen LogP contribution in [0.3, 0.4) is 0 Å². The van der Waals surface area contributed by atoms with Gasteiger partial charge in [-0.1, -0.05) is 29.3 Å². The highest BCUT2D eigenvalue weighted by molar-refractivity contribution is 6.39. The molecule has 1 amide bonds. The number of aliphatic imine (C=N–C) groups is 2. The molecule has 2 aliphatic rings. The van der Waals surface area contributed by atoms with Crippen molar-refractivity contribution in [1.29, 1.82) is 0 Å². The largest absolute Gasteiger partial charge is 0.381 e. The van der Waals surface area contributed by atoms with Crippen LogP contribution in [0.15, 0.2) is 28.2 Å². The van der Waals surface area contributed by atoms with Gasteiger partial charge >= 0.3 is 0 Å². The predicted molar refractivity (Wildman–Crippen MR) is 141 cm³/mol. The zero-order valence-corrected chi connectivity index (χ0v) is 21.3. The number of aryl methyl sites for hydroxylation is 1. The number of nitrogens with one attached hydrogen (secondary N) is 2. The first kappa shape index (κ1) is 25.5. The van der Waals surface area contributed by atoms with Crippen molar-refractivity contribution >= 4 is 59.2 Å². The van der Waals surface area contributed by atoms with Gasteiger partial charge in [0.1, 0.15) is 5.82 Å². The monoisotopic (exact) mass is 519 g/mol. The molecule has 0 radical (unpaired) electrons. The van der Waals surface area contributed by atoms with E-state index in [2.05, 4.69) is 26.9 Å². The van der Waals surface area contributed by atoms with E-state index in [1.54, 1.807) is 18.2 Å². The Bertz CT molecular complexity index is 1080. The number of primary amides is 1. The lowest BCUT2D eigenvalue weighted by molar-refractivity contribution is -0.122.